The fourth-order valence-electron chi connectivity index (χ4n) is 1.98. The highest BCUT2D eigenvalue weighted by Gasteiger charge is 2.21. The van der Waals surface area contributed by atoms with Crippen LogP contribution in [0, 0.1) is 0 Å². The fraction of sp³-hybridized carbons (Fsp3) is 0.385. The topological polar surface area (TPSA) is 79.5 Å². The van der Waals surface area contributed by atoms with Crippen molar-refractivity contribution in [1.82, 2.24) is 5.32 Å². The predicted molar refractivity (Wildman–Crippen MR) is 72.1 cm³/mol. The Labute approximate surface area is 111 Å². The number of carbonyl (C=O) groups is 2. The number of benzene rings is 1. The van der Waals surface area contributed by atoms with Gasteiger partial charge in [-0.15, -0.1) is 0 Å². The van der Waals surface area contributed by atoms with Crippen molar-refractivity contribution in [1.29, 1.82) is 0 Å². The van der Waals surface area contributed by atoms with Crippen LogP contribution in [-0.2, 0) is 9.53 Å². The minimum Gasteiger partial charge on any atom is -0.453 e. The molecule has 6 heteroatoms. The van der Waals surface area contributed by atoms with Crippen LogP contribution >= 0.6 is 0 Å². The molecule has 3 N–H and O–H groups in total. The molecule has 1 fully saturated rings. The maximum absolute atomic E-state index is 11.9. The summed E-state index contributed by atoms with van der Waals surface area (Å²) < 4.78 is 4.51. The van der Waals surface area contributed by atoms with E-state index in [0.717, 1.165) is 19.4 Å². The van der Waals surface area contributed by atoms with Gasteiger partial charge in [-0.2, -0.15) is 0 Å². The van der Waals surface area contributed by atoms with Crippen molar-refractivity contribution in [2.45, 2.75) is 18.9 Å². The van der Waals surface area contributed by atoms with Gasteiger partial charge >= 0.3 is 6.09 Å². The highest BCUT2D eigenvalue weighted by Crippen LogP contribution is 2.16. The lowest BCUT2D eigenvalue weighted by atomic mass is 10.2. The number of rotatable bonds is 3. The third-order valence-corrected chi connectivity index (χ3v) is 2.94. The Morgan fingerprint density at radius 2 is 2.05 bits per heavy atom. The number of amides is 2. The van der Waals surface area contributed by atoms with Crippen molar-refractivity contribution in [3.8, 4) is 0 Å². The molecule has 0 spiro atoms. The molecule has 0 aromatic heterocycles. The molecule has 1 heterocycles. The molecular weight excluding hydrogens is 246 g/mol. The predicted octanol–water partition coefficient (Wildman–Crippen LogP) is 1.56. The second-order valence-corrected chi connectivity index (χ2v) is 4.34. The third-order valence-electron chi connectivity index (χ3n) is 2.94. The van der Waals surface area contributed by atoms with Crippen molar-refractivity contribution < 1.29 is 14.3 Å². The normalized spacial score (nSPS) is 17.8. The number of carbonyl (C=O) groups excluding carboxylic acids is 2. The smallest absolute Gasteiger partial charge is 0.411 e. The maximum Gasteiger partial charge on any atom is 0.411 e. The zero-order valence-electron chi connectivity index (χ0n) is 10.7. The van der Waals surface area contributed by atoms with Gasteiger partial charge in [-0.25, -0.2) is 4.79 Å². The number of nitrogens with one attached hydrogen (secondary N) is 3. The van der Waals surface area contributed by atoms with E-state index in [1.165, 1.54) is 7.11 Å². The van der Waals surface area contributed by atoms with Crippen LogP contribution in [0.15, 0.2) is 24.3 Å². The number of anilines is 2. The van der Waals surface area contributed by atoms with Crippen molar-refractivity contribution in [3.63, 3.8) is 0 Å². The van der Waals surface area contributed by atoms with Crippen LogP contribution in [0.1, 0.15) is 12.8 Å². The lowest BCUT2D eigenvalue weighted by Gasteiger charge is -2.12. The summed E-state index contributed by atoms with van der Waals surface area (Å²) in [6.45, 7) is 0.877. The molecule has 2 amide bonds. The minimum atomic E-state index is -0.541. The molecule has 0 bridgehead atoms. The van der Waals surface area contributed by atoms with Crippen LogP contribution in [0.4, 0.5) is 16.2 Å². The van der Waals surface area contributed by atoms with E-state index in [9.17, 15) is 9.59 Å². The van der Waals surface area contributed by atoms with Gasteiger partial charge in [-0.3, -0.25) is 10.1 Å². The second-order valence-electron chi connectivity index (χ2n) is 4.34. The van der Waals surface area contributed by atoms with Gasteiger partial charge in [-0.05, 0) is 37.6 Å². The standard InChI is InChI=1S/C13H17N3O3/c1-19-13(18)16-10-5-2-4-9(8-10)15-12(17)11-6-3-7-14-11/h2,4-5,8,11,14H,3,6-7H2,1H3,(H,15,17)(H,16,18). The summed E-state index contributed by atoms with van der Waals surface area (Å²) >= 11 is 0. The van der Waals surface area contributed by atoms with Crippen LogP contribution in [0.25, 0.3) is 0 Å². The van der Waals surface area contributed by atoms with Gasteiger partial charge in [0.1, 0.15) is 0 Å². The van der Waals surface area contributed by atoms with E-state index >= 15 is 0 Å². The van der Waals surface area contributed by atoms with Gasteiger partial charge in [0, 0.05) is 11.4 Å². The first-order valence-electron chi connectivity index (χ1n) is 6.18. The summed E-state index contributed by atoms with van der Waals surface area (Å²) in [5.74, 6) is -0.0484. The van der Waals surface area contributed by atoms with Gasteiger partial charge in [0.05, 0.1) is 13.2 Å². The van der Waals surface area contributed by atoms with Gasteiger partial charge in [0.2, 0.25) is 5.91 Å². The monoisotopic (exact) mass is 263 g/mol. The molecular formula is C13H17N3O3. The third kappa shape index (κ3) is 3.69. The van der Waals surface area contributed by atoms with Crippen molar-refractivity contribution in [2.24, 2.45) is 0 Å². The van der Waals surface area contributed by atoms with Crippen LogP contribution in [-0.4, -0.2) is 31.7 Å². The first kappa shape index (κ1) is 13.4. The molecule has 2 rings (SSSR count). The van der Waals surface area contributed by atoms with Gasteiger partial charge in [-0.1, -0.05) is 6.07 Å². The summed E-state index contributed by atoms with van der Waals surface area (Å²) in [6, 6.07) is 6.81. The number of ether oxygens (including phenoxy) is 1. The summed E-state index contributed by atoms with van der Waals surface area (Å²) in [6.07, 6.45) is 1.33. The SMILES string of the molecule is COC(=O)Nc1cccc(NC(=O)C2CCCN2)c1. The molecule has 0 aliphatic carbocycles. The Morgan fingerprint density at radius 3 is 2.68 bits per heavy atom. The minimum absolute atomic E-state index is 0.0484. The summed E-state index contributed by atoms with van der Waals surface area (Å²) in [4.78, 5) is 23.0. The maximum atomic E-state index is 11.9. The largest absolute Gasteiger partial charge is 0.453 e. The first-order valence-corrected chi connectivity index (χ1v) is 6.18. The average Bonchev–Trinajstić information content (AvgIpc) is 2.93. The molecule has 0 radical (unpaired) electrons. The number of hydrogen-bond donors (Lipinski definition) is 3. The van der Waals surface area contributed by atoms with E-state index in [0.29, 0.717) is 11.4 Å². The van der Waals surface area contributed by atoms with E-state index in [2.05, 4.69) is 20.7 Å². The molecule has 1 atom stereocenters. The molecule has 1 saturated heterocycles. The summed E-state index contributed by atoms with van der Waals surface area (Å²) in [5.41, 5.74) is 1.22. The zero-order valence-corrected chi connectivity index (χ0v) is 10.7. The molecule has 0 saturated carbocycles. The Hall–Kier alpha value is -2.08. The Morgan fingerprint density at radius 1 is 1.32 bits per heavy atom. The zero-order chi connectivity index (χ0) is 13.7. The molecule has 1 aliphatic heterocycles. The van der Waals surface area contributed by atoms with E-state index < -0.39 is 6.09 Å². The Bertz CT molecular complexity index is 470. The van der Waals surface area contributed by atoms with Crippen LogP contribution in [0.5, 0.6) is 0 Å². The van der Waals surface area contributed by atoms with E-state index in [1.807, 2.05) is 0 Å². The molecule has 1 aromatic rings. The van der Waals surface area contributed by atoms with Gasteiger partial charge < -0.3 is 15.4 Å². The van der Waals surface area contributed by atoms with E-state index in [4.69, 9.17) is 0 Å². The van der Waals surface area contributed by atoms with E-state index in [1.54, 1.807) is 24.3 Å². The van der Waals surface area contributed by atoms with E-state index in [-0.39, 0.29) is 11.9 Å². The molecule has 102 valence electrons. The van der Waals surface area contributed by atoms with Crippen molar-refractivity contribution in [2.75, 3.05) is 24.3 Å². The number of hydrogen-bond acceptors (Lipinski definition) is 4. The van der Waals surface area contributed by atoms with Crippen molar-refractivity contribution >= 4 is 23.4 Å². The molecule has 1 aromatic carbocycles. The summed E-state index contributed by atoms with van der Waals surface area (Å²) in [7, 11) is 1.30. The lowest BCUT2D eigenvalue weighted by Crippen LogP contribution is -2.35. The summed E-state index contributed by atoms with van der Waals surface area (Å²) in [5, 5.41) is 8.50. The lowest BCUT2D eigenvalue weighted by molar-refractivity contribution is -0.117. The van der Waals surface area contributed by atoms with Crippen LogP contribution < -0.4 is 16.0 Å². The molecule has 6 nitrogen and oxygen atoms in total. The van der Waals surface area contributed by atoms with Crippen LogP contribution in [0.2, 0.25) is 0 Å². The molecule has 1 aliphatic rings. The van der Waals surface area contributed by atoms with Crippen molar-refractivity contribution in [3.05, 3.63) is 24.3 Å². The van der Waals surface area contributed by atoms with Gasteiger partial charge in [0.15, 0.2) is 0 Å². The highest BCUT2D eigenvalue weighted by molar-refractivity contribution is 5.96. The molecule has 1 unspecified atom stereocenters. The molecule has 19 heavy (non-hydrogen) atoms. The van der Waals surface area contributed by atoms with Crippen LogP contribution in [0.3, 0.4) is 0 Å². The quantitative estimate of drug-likeness (QED) is 0.773. The average molecular weight is 263 g/mol. The second kappa shape index (κ2) is 6.19. The Balaban J connectivity index is 1.98. The fourth-order valence-corrected chi connectivity index (χ4v) is 1.98. The van der Waals surface area contributed by atoms with Gasteiger partial charge in [0.25, 0.3) is 0 Å². The highest BCUT2D eigenvalue weighted by atomic mass is 16.5. The Kier molecular flexibility index (Phi) is 4.35. The number of methoxy groups -OCH3 is 1. The first-order chi connectivity index (χ1) is 9.19.